The van der Waals surface area contributed by atoms with Crippen molar-refractivity contribution in [1.29, 1.82) is 0 Å². The number of hydrogen-bond acceptors (Lipinski definition) is 5. The quantitative estimate of drug-likeness (QED) is 0.606. The fourth-order valence-electron chi connectivity index (χ4n) is 3.12. The average molecular weight is 396 g/mol. The number of nitrogens with one attached hydrogen (secondary N) is 1. The SMILES string of the molecule is CCOc1ccc(CC(CNC(=O)c2cnc3cc(C)nn3c2C)C(=O)O)cc1. The van der Waals surface area contributed by atoms with Crippen molar-refractivity contribution in [3.8, 4) is 5.75 Å². The Balaban J connectivity index is 1.67. The van der Waals surface area contributed by atoms with Crippen LogP contribution in [0, 0.1) is 19.8 Å². The monoisotopic (exact) mass is 396 g/mol. The summed E-state index contributed by atoms with van der Waals surface area (Å²) in [5.41, 5.74) is 3.35. The van der Waals surface area contributed by atoms with E-state index in [1.165, 1.54) is 6.20 Å². The fourth-order valence-corrected chi connectivity index (χ4v) is 3.12. The number of carboxylic acids is 1. The van der Waals surface area contributed by atoms with Crippen molar-refractivity contribution in [1.82, 2.24) is 19.9 Å². The van der Waals surface area contributed by atoms with Gasteiger partial charge in [-0.1, -0.05) is 12.1 Å². The molecule has 2 heterocycles. The molecular formula is C21H24N4O4. The Morgan fingerprint density at radius 1 is 1.24 bits per heavy atom. The molecule has 152 valence electrons. The van der Waals surface area contributed by atoms with Crippen molar-refractivity contribution in [3.05, 3.63) is 59.0 Å². The highest BCUT2D eigenvalue weighted by atomic mass is 16.5. The third kappa shape index (κ3) is 4.71. The second-order valence-corrected chi connectivity index (χ2v) is 6.84. The van der Waals surface area contributed by atoms with Crippen LogP contribution in [0.25, 0.3) is 5.65 Å². The van der Waals surface area contributed by atoms with Crippen molar-refractivity contribution < 1.29 is 19.4 Å². The molecule has 8 nitrogen and oxygen atoms in total. The van der Waals surface area contributed by atoms with Crippen LogP contribution in [0.4, 0.5) is 0 Å². The lowest BCUT2D eigenvalue weighted by atomic mass is 9.99. The molecule has 0 radical (unpaired) electrons. The Labute approximate surface area is 168 Å². The predicted octanol–water partition coefficient (Wildman–Crippen LogP) is 2.42. The first-order valence-electron chi connectivity index (χ1n) is 9.43. The topological polar surface area (TPSA) is 106 Å². The van der Waals surface area contributed by atoms with Crippen molar-refractivity contribution in [2.24, 2.45) is 5.92 Å². The highest BCUT2D eigenvalue weighted by Gasteiger charge is 2.21. The van der Waals surface area contributed by atoms with Gasteiger partial charge in [0.1, 0.15) is 5.75 Å². The number of carboxylic acid groups (broad SMARTS) is 1. The molecule has 1 unspecified atom stereocenters. The number of aromatic nitrogens is 3. The first-order chi connectivity index (χ1) is 13.9. The molecule has 1 aromatic carbocycles. The summed E-state index contributed by atoms with van der Waals surface area (Å²) in [5.74, 6) is -1.35. The second kappa shape index (κ2) is 8.72. The molecule has 0 aliphatic heterocycles. The Bertz CT molecular complexity index is 1030. The summed E-state index contributed by atoms with van der Waals surface area (Å²) in [4.78, 5) is 28.5. The molecule has 29 heavy (non-hydrogen) atoms. The van der Waals surface area contributed by atoms with E-state index in [2.05, 4.69) is 15.4 Å². The van der Waals surface area contributed by atoms with E-state index < -0.39 is 11.9 Å². The average Bonchev–Trinajstić information content (AvgIpc) is 3.08. The van der Waals surface area contributed by atoms with Gasteiger partial charge in [-0.15, -0.1) is 0 Å². The van der Waals surface area contributed by atoms with Gasteiger partial charge in [-0.3, -0.25) is 9.59 Å². The zero-order chi connectivity index (χ0) is 21.0. The summed E-state index contributed by atoms with van der Waals surface area (Å²) in [5, 5.41) is 16.6. The standard InChI is InChI=1S/C21H24N4O4/c1-4-29-17-7-5-15(6-8-17)10-16(21(27)28)11-23-20(26)18-12-22-19-9-13(2)24-25(19)14(18)3/h5-9,12,16H,4,10-11H2,1-3H3,(H,23,26)(H,27,28). The number of rotatable bonds is 8. The Kier molecular flexibility index (Phi) is 6.11. The highest BCUT2D eigenvalue weighted by molar-refractivity contribution is 5.95. The normalized spacial score (nSPS) is 12.0. The summed E-state index contributed by atoms with van der Waals surface area (Å²) in [7, 11) is 0. The molecule has 0 fully saturated rings. The molecule has 3 aromatic rings. The number of hydrogen-bond donors (Lipinski definition) is 2. The minimum atomic E-state index is -0.966. The lowest BCUT2D eigenvalue weighted by Crippen LogP contribution is -2.34. The third-order valence-corrected chi connectivity index (χ3v) is 4.67. The summed E-state index contributed by atoms with van der Waals surface area (Å²) >= 11 is 0. The number of fused-ring (bicyclic) bond motifs is 1. The van der Waals surface area contributed by atoms with Crippen molar-refractivity contribution in [2.75, 3.05) is 13.2 Å². The number of amides is 1. The van der Waals surface area contributed by atoms with Gasteiger partial charge in [-0.05, 0) is 44.9 Å². The van der Waals surface area contributed by atoms with Crippen LogP contribution in [-0.2, 0) is 11.2 Å². The zero-order valence-corrected chi connectivity index (χ0v) is 16.7. The van der Waals surface area contributed by atoms with E-state index in [9.17, 15) is 14.7 Å². The maximum absolute atomic E-state index is 12.6. The molecule has 8 heteroatoms. The van der Waals surface area contributed by atoms with Crippen LogP contribution < -0.4 is 10.1 Å². The van der Waals surface area contributed by atoms with Gasteiger partial charge < -0.3 is 15.2 Å². The Hall–Kier alpha value is -3.42. The molecule has 0 aliphatic rings. The number of nitrogens with zero attached hydrogens (tertiary/aromatic N) is 3. The number of carbonyl (C=O) groups is 2. The fraction of sp³-hybridized carbons (Fsp3) is 0.333. The van der Waals surface area contributed by atoms with Gasteiger partial charge in [0.05, 0.1) is 29.5 Å². The number of ether oxygens (including phenoxy) is 1. The Morgan fingerprint density at radius 3 is 2.62 bits per heavy atom. The van der Waals surface area contributed by atoms with Gasteiger partial charge in [0, 0.05) is 18.8 Å². The molecule has 3 rings (SSSR count). The van der Waals surface area contributed by atoms with Gasteiger partial charge in [0.15, 0.2) is 5.65 Å². The maximum Gasteiger partial charge on any atom is 0.308 e. The van der Waals surface area contributed by atoms with Gasteiger partial charge in [0.2, 0.25) is 0 Å². The van der Waals surface area contributed by atoms with Crippen LogP contribution in [0.5, 0.6) is 5.75 Å². The predicted molar refractivity (Wildman–Crippen MR) is 107 cm³/mol. The first kappa shape index (κ1) is 20.3. The third-order valence-electron chi connectivity index (χ3n) is 4.67. The van der Waals surface area contributed by atoms with Crippen molar-refractivity contribution in [2.45, 2.75) is 27.2 Å². The molecule has 0 saturated carbocycles. The van der Waals surface area contributed by atoms with Gasteiger partial charge >= 0.3 is 5.97 Å². The van der Waals surface area contributed by atoms with E-state index in [-0.39, 0.29) is 12.5 Å². The summed E-state index contributed by atoms with van der Waals surface area (Å²) in [6.45, 7) is 6.12. The molecule has 2 aromatic heterocycles. The van der Waals surface area contributed by atoms with Gasteiger partial charge in [0.25, 0.3) is 5.91 Å². The van der Waals surface area contributed by atoms with Crippen LogP contribution >= 0.6 is 0 Å². The summed E-state index contributed by atoms with van der Waals surface area (Å²) in [6.07, 6.45) is 1.79. The maximum atomic E-state index is 12.6. The summed E-state index contributed by atoms with van der Waals surface area (Å²) in [6, 6.07) is 9.13. The lowest BCUT2D eigenvalue weighted by Gasteiger charge is -2.15. The van der Waals surface area contributed by atoms with Crippen LogP contribution in [-0.4, -0.2) is 44.7 Å². The van der Waals surface area contributed by atoms with Gasteiger partial charge in [-0.25, -0.2) is 9.50 Å². The number of aryl methyl sites for hydroxylation is 2. The number of benzene rings is 1. The van der Waals surface area contributed by atoms with Crippen LogP contribution in [0.3, 0.4) is 0 Å². The molecule has 2 N–H and O–H groups in total. The molecular weight excluding hydrogens is 372 g/mol. The van der Waals surface area contributed by atoms with Crippen LogP contribution in [0.15, 0.2) is 36.5 Å². The molecule has 1 atom stereocenters. The van der Waals surface area contributed by atoms with E-state index in [1.807, 2.05) is 44.2 Å². The van der Waals surface area contributed by atoms with Gasteiger partial charge in [-0.2, -0.15) is 5.10 Å². The van der Waals surface area contributed by atoms with E-state index in [1.54, 1.807) is 11.4 Å². The van der Waals surface area contributed by atoms with Crippen molar-refractivity contribution in [3.63, 3.8) is 0 Å². The minimum absolute atomic E-state index is 0.0109. The van der Waals surface area contributed by atoms with E-state index in [4.69, 9.17) is 4.74 Å². The molecule has 0 bridgehead atoms. The number of carbonyl (C=O) groups excluding carboxylic acids is 1. The highest BCUT2D eigenvalue weighted by Crippen LogP contribution is 2.16. The first-order valence-corrected chi connectivity index (χ1v) is 9.43. The summed E-state index contributed by atoms with van der Waals surface area (Å²) < 4.78 is 7.01. The van der Waals surface area contributed by atoms with Crippen LogP contribution in [0.1, 0.15) is 34.2 Å². The Morgan fingerprint density at radius 2 is 1.97 bits per heavy atom. The smallest absolute Gasteiger partial charge is 0.308 e. The molecule has 0 aliphatic carbocycles. The molecule has 0 spiro atoms. The molecule has 1 amide bonds. The van der Waals surface area contributed by atoms with E-state index >= 15 is 0 Å². The lowest BCUT2D eigenvalue weighted by molar-refractivity contribution is -0.141. The number of aliphatic carboxylic acids is 1. The van der Waals surface area contributed by atoms with Crippen molar-refractivity contribution >= 4 is 17.5 Å². The minimum Gasteiger partial charge on any atom is -0.494 e. The molecule has 0 saturated heterocycles. The second-order valence-electron chi connectivity index (χ2n) is 6.84. The van der Waals surface area contributed by atoms with E-state index in [0.717, 1.165) is 17.0 Å². The van der Waals surface area contributed by atoms with Crippen LogP contribution in [0.2, 0.25) is 0 Å². The van der Waals surface area contributed by atoms with E-state index in [0.29, 0.717) is 29.9 Å². The largest absolute Gasteiger partial charge is 0.494 e. The zero-order valence-electron chi connectivity index (χ0n) is 16.7.